The molecule has 0 saturated heterocycles. The fourth-order valence-electron chi connectivity index (χ4n) is 5.88. The zero-order valence-electron chi connectivity index (χ0n) is 36.1. The molecule has 336 valence electrons. The van der Waals surface area contributed by atoms with Crippen LogP contribution in [-0.2, 0) is 28.6 Å². The second-order valence-electron chi connectivity index (χ2n) is 14.1. The van der Waals surface area contributed by atoms with E-state index < -0.39 is 48.0 Å². The van der Waals surface area contributed by atoms with Crippen molar-refractivity contribution in [2.75, 3.05) is 46.6 Å². The monoisotopic (exact) mass is 877 g/mol. The zero-order chi connectivity index (χ0) is 46.6. The Morgan fingerprint density at radius 3 is 0.875 bits per heavy atom. The van der Waals surface area contributed by atoms with Crippen molar-refractivity contribution in [1.29, 1.82) is 0 Å². The van der Waals surface area contributed by atoms with Crippen molar-refractivity contribution < 1.29 is 61.9 Å². The minimum absolute atomic E-state index is 0.0231. The highest BCUT2D eigenvalue weighted by Crippen LogP contribution is 2.44. The number of carbonyl (C=O) groups excluding carboxylic acids is 6. The Morgan fingerprint density at radius 2 is 0.656 bits per heavy atom. The van der Waals surface area contributed by atoms with Crippen LogP contribution in [0.25, 0.3) is 0 Å². The quantitative estimate of drug-likeness (QED) is 0.0326. The van der Waals surface area contributed by atoms with Gasteiger partial charge in [0.05, 0.1) is 26.7 Å². The summed E-state index contributed by atoms with van der Waals surface area (Å²) in [5.74, 6) is -1.13. The van der Waals surface area contributed by atoms with E-state index in [0.717, 1.165) is 22.3 Å². The topological polar surface area (TPSA) is 203 Å². The molecule has 64 heavy (non-hydrogen) atoms. The molecule has 3 N–H and O–H groups in total. The standard InChI is InChI=1S/C48H51N3O13/c1-30(2)43(52)59-27-24-49-46(55)62-38-18-10-34(11-19-38)41(33-8-16-37(58-7)17-9-33)42(35-12-20-39(21-13-35)63-47(56)50-25-28-60-44(53)31(3)4)36-14-22-40(23-15-36)64-48(57)51-26-29-61-45(54)32(5)6/h8-23,41-42H,1,3,5,24-29H2,2,4,6-7H3,(H,49,55)(H,50,56)(H,51,57). The lowest BCUT2D eigenvalue weighted by Gasteiger charge is -2.30. The minimum Gasteiger partial charge on any atom is -0.497 e. The van der Waals surface area contributed by atoms with Crippen molar-refractivity contribution in [1.82, 2.24) is 16.0 Å². The summed E-state index contributed by atoms with van der Waals surface area (Å²) >= 11 is 0. The molecule has 0 radical (unpaired) electrons. The molecule has 4 aromatic carbocycles. The average Bonchev–Trinajstić information content (AvgIpc) is 3.28. The van der Waals surface area contributed by atoms with Crippen LogP contribution in [0.1, 0.15) is 54.9 Å². The van der Waals surface area contributed by atoms with Gasteiger partial charge in [-0.1, -0.05) is 68.3 Å². The number of methoxy groups -OCH3 is 1. The SMILES string of the molecule is C=C(C)C(=O)OCCNC(=O)Oc1ccc(C(c2ccc(OC)cc2)C(c2ccc(OC(=O)NCCOC(=O)C(=C)C)cc2)c2ccc(OC(=O)NCCOC(=O)C(=C)C)cc2)cc1. The number of rotatable bonds is 21. The zero-order valence-corrected chi connectivity index (χ0v) is 36.1. The second-order valence-corrected chi connectivity index (χ2v) is 14.1. The van der Waals surface area contributed by atoms with Crippen LogP contribution in [0.3, 0.4) is 0 Å². The van der Waals surface area contributed by atoms with Crippen LogP contribution in [0.4, 0.5) is 14.4 Å². The van der Waals surface area contributed by atoms with Gasteiger partial charge < -0.3 is 49.1 Å². The molecule has 0 aliphatic carbocycles. The summed E-state index contributed by atoms with van der Waals surface area (Å²) in [5, 5.41) is 7.62. The van der Waals surface area contributed by atoms with Gasteiger partial charge in [-0.15, -0.1) is 0 Å². The van der Waals surface area contributed by atoms with E-state index in [1.807, 2.05) is 60.7 Å². The number of carbonyl (C=O) groups is 6. The van der Waals surface area contributed by atoms with Gasteiger partial charge in [-0.05, 0) is 91.6 Å². The molecule has 1 unspecified atom stereocenters. The van der Waals surface area contributed by atoms with E-state index in [1.165, 1.54) is 20.8 Å². The summed E-state index contributed by atoms with van der Waals surface area (Å²) in [6.45, 7) is 15.0. The Labute approximate surface area is 371 Å². The van der Waals surface area contributed by atoms with Crippen LogP contribution in [0.5, 0.6) is 23.0 Å². The summed E-state index contributed by atoms with van der Waals surface area (Å²) < 4.78 is 37.0. The van der Waals surface area contributed by atoms with Crippen LogP contribution in [-0.4, -0.2) is 82.8 Å². The Bertz CT molecular complexity index is 2200. The molecule has 16 nitrogen and oxygen atoms in total. The Morgan fingerprint density at radius 1 is 0.422 bits per heavy atom. The molecule has 0 heterocycles. The van der Waals surface area contributed by atoms with Crippen molar-refractivity contribution in [3.8, 4) is 23.0 Å². The summed E-state index contributed by atoms with van der Waals surface area (Å²) in [4.78, 5) is 72.7. The first-order valence-corrected chi connectivity index (χ1v) is 19.9. The molecule has 0 fully saturated rings. The van der Waals surface area contributed by atoms with E-state index in [1.54, 1.807) is 43.5 Å². The van der Waals surface area contributed by atoms with E-state index >= 15 is 0 Å². The van der Waals surface area contributed by atoms with Crippen LogP contribution in [0, 0.1) is 0 Å². The summed E-state index contributed by atoms with van der Waals surface area (Å²) in [7, 11) is 1.57. The van der Waals surface area contributed by atoms with Crippen molar-refractivity contribution in [3.63, 3.8) is 0 Å². The highest BCUT2D eigenvalue weighted by molar-refractivity contribution is 5.87. The molecule has 3 amide bonds. The Hall–Kier alpha value is -7.88. The molecule has 0 aromatic heterocycles. The Balaban J connectivity index is 1.62. The molecule has 16 heteroatoms. The smallest absolute Gasteiger partial charge is 0.412 e. The molecular formula is C48H51N3O13. The molecule has 0 aliphatic heterocycles. The van der Waals surface area contributed by atoms with Crippen LogP contribution >= 0.6 is 0 Å². The Kier molecular flexibility index (Phi) is 18.7. The van der Waals surface area contributed by atoms with Gasteiger partial charge in [0.2, 0.25) is 0 Å². The molecule has 0 spiro atoms. The summed E-state index contributed by atoms with van der Waals surface area (Å²) in [6, 6.07) is 28.5. The van der Waals surface area contributed by atoms with E-state index in [2.05, 4.69) is 35.7 Å². The van der Waals surface area contributed by atoms with E-state index in [-0.39, 0.29) is 73.4 Å². The highest BCUT2D eigenvalue weighted by atomic mass is 16.6. The van der Waals surface area contributed by atoms with E-state index in [0.29, 0.717) is 5.75 Å². The predicted octanol–water partition coefficient (Wildman–Crippen LogP) is 7.28. The van der Waals surface area contributed by atoms with Gasteiger partial charge in [0.15, 0.2) is 0 Å². The molecule has 4 aromatic rings. The number of esters is 3. The van der Waals surface area contributed by atoms with Crippen molar-refractivity contribution in [2.45, 2.75) is 32.6 Å². The highest BCUT2D eigenvalue weighted by Gasteiger charge is 2.29. The third-order valence-electron chi connectivity index (χ3n) is 9.02. The van der Waals surface area contributed by atoms with E-state index in [9.17, 15) is 28.8 Å². The average molecular weight is 878 g/mol. The number of hydrogen-bond donors (Lipinski definition) is 3. The van der Waals surface area contributed by atoms with Gasteiger partial charge in [-0.25, -0.2) is 28.8 Å². The minimum atomic E-state index is -0.749. The first-order chi connectivity index (χ1) is 30.6. The number of hydrogen-bond acceptors (Lipinski definition) is 13. The molecule has 0 aliphatic rings. The lowest BCUT2D eigenvalue weighted by Crippen LogP contribution is -2.30. The normalized spacial score (nSPS) is 10.9. The van der Waals surface area contributed by atoms with Crippen molar-refractivity contribution in [3.05, 3.63) is 156 Å². The molecule has 4 rings (SSSR count). The van der Waals surface area contributed by atoms with Gasteiger partial charge >= 0.3 is 36.2 Å². The number of nitrogens with one attached hydrogen (secondary N) is 3. The van der Waals surface area contributed by atoms with Gasteiger partial charge in [0, 0.05) is 28.6 Å². The largest absolute Gasteiger partial charge is 0.497 e. The van der Waals surface area contributed by atoms with Gasteiger partial charge in [-0.2, -0.15) is 0 Å². The fraction of sp³-hybridized carbons (Fsp3) is 0.250. The lowest BCUT2D eigenvalue weighted by atomic mass is 9.73. The fourth-order valence-corrected chi connectivity index (χ4v) is 5.88. The van der Waals surface area contributed by atoms with Crippen LogP contribution in [0.15, 0.2) is 134 Å². The van der Waals surface area contributed by atoms with Crippen LogP contribution in [0.2, 0.25) is 0 Å². The van der Waals surface area contributed by atoms with Crippen molar-refractivity contribution in [2.24, 2.45) is 0 Å². The number of ether oxygens (including phenoxy) is 7. The molecule has 0 saturated carbocycles. The van der Waals surface area contributed by atoms with Gasteiger partial charge in [0.1, 0.15) is 42.8 Å². The molecular weight excluding hydrogens is 827 g/mol. The van der Waals surface area contributed by atoms with Crippen molar-refractivity contribution >= 4 is 36.2 Å². The predicted molar refractivity (Wildman–Crippen MR) is 235 cm³/mol. The maximum atomic E-state index is 12.6. The third kappa shape index (κ3) is 15.5. The second kappa shape index (κ2) is 24.5. The van der Waals surface area contributed by atoms with Crippen LogP contribution < -0.4 is 34.9 Å². The summed E-state index contributed by atoms with van der Waals surface area (Å²) in [5.41, 5.74) is 4.05. The van der Waals surface area contributed by atoms with Gasteiger partial charge in [-0.3, -0.25) is 0 Å². The van der Waals surface area contributed by atoms with E-state index in [4.69, 9.17) is 33.2 Å². The first-order valence-electron chi connectivity index (χ1n) is 19.9. The first kappa shape index (κ1) is 48.8. The number of amides is 3. The molecule has 0 bridgehead atoms. The number of benzene rings is 4. The molecule has 1 atom stereocenters. The lowest BCUT2D eigenvalue weighted by molar-refractivity contribution is -0.139. The maximum Gasteiger partial charge on any atom is 0.412 e. The third-order valence-corrected chi connectivity index (χ3v) is 9.02. The maximum absolute atomic E-state index is 12.6. The summed E-state index contributed by atoms with van der Waals surface area (Å²) in [6.07, 6.45) is -2.24. The van der Waals surface area contributed by atoms with Gasteiger partial charge in [0.25, 0.3) is 0 Å².